The molecule has 5 nitrogen and oxygen atoms in total. The van der Waals surface area contributed by atoms with Gasteiger partial charge in [-0.1, -0.05) is 13.8 Å². The molecule has 0 N–H and O–H groups in total. The standard InChI is InChI=1S/C13H18F3N5/c1-5-9(6-2)20(4)10-7-8(3)17-12-18-11(13(14,15)16)19-21(10)12/h7,9H,5-6H2,1-4H3. The van der Waals surface area contributed by atoms with E-state index in [9.17, 15) is 13.2 Å². The van der Waals surface area contributed by atoms with Crippen molar-refractivity contribution in [2.45, 2.75) is 45.8 Å². The molecular weight excluding hydrogens is 283 g/mol. The zero-order valence-electron chi connectivity index (χ0n) is 12.4. The number of aryl methyl sites for hydroxylation is 1. The maximum Gasteiger partial charge on any atom is 0.453 e. The first-order valence-corrected chi connectivity index (χ1v) is 6.82. The zero-order valence-corrected chi connectivity index (χ0v) is 12.4. The first-order chi connectivity index (χ1) is 9.77. The molecule has 0 fully saturated rings. The molecular formula is C13H18F3N5. The lowest BCUT2D eigenvalue weighted by molar-refractivity contribution is -0.144. The molecule has 21 heavy (non-hydrogen) atoms. The highest BCUT2D eigenvalue weighted by atomic mass is 19.4. The van der Waals surface area contributed by atoms with Crippen molar-refractivity contribution in [1.82, 2.24) is 19.6 Å². The lowest BCUT2D eigenvalue weighted by Crippen LogP contribution is -2.32. The van der Waals surface area contributed by atoms with E-state index in [1.165, 1.54) is 0 Å². The van der Waals surface area contributed by atoms with Crippen LogP contribution in [-0.4, -0.2) is 32.7 Å². The van der Waals surface area contributed by atoms with Gasteiger partial charge in [0.15, 0.2) is 0 Å². The van der Waals surface area contributed by atoms with E-state index in [1.807, 2.05) is 25.8 Å². The number of halogens is 3. The summed E-state index contributed by atoms with van der Waals surface area (Å²) in [5.74, 6) is -0.635. The Morgan fingerprint density at radius 1 is 1.24 bits per heavy atom. The van der Waals surface area contributed by atoms with E-state index in [1.54, 1.807) is 13.0 Å². The maximum atomic E-state index is 12.8. The maximum absolute atomic E-state index is 12.8. The number of anilines is 1. The minimum atomic E-state index is -4.58. The molecule has 0 atom stereocenters. The molecule has 0 saturated carbocycles. The summed E-state index contributed by atoms with van der Waals surface area (Å²) >= 11 is 0. The number of hydrogen-bond donors (Lipinski definition) is 0. The van der Waals surface area contributed by atoms with Crippen LogP contribution in [0.25, 0.3) is 5.78 Å². The van der Waals surface area contributed by atoms with Gasteiger partial charge in [0.05, 0.1) is 0 Å². The molecule has 0 aliphatic heterocycles. The topological polar surface area (TPSA) is 46.3 Å². The van der Waals surface area contributed by atoms with Crippen molar-refractivity contribution in [2.75, 3.05) is 11.9 Å². The third kappa shape index (κ3) is 2.93. The number of hydrogen-bond acceptors (Lipinski definition) is 4. The van der Waals surface area contributed by atoms with Crippen LogP contribution < -0.4 is 4.90 Å². The van der Waals surface area contributed by atoms with Gasteiger partial charge in [0.2, 0.25) is 0 Å². The van der Waals surface area contributed by atoms with Gasteiger partial charge >= 0.3 is 6.18 Å². The van der Waals surface area contributed by atoms with Crippen LogP contribution in [0.2, 0.25) is 0 Å². The van der Waals surface area contributed by atoms with Gasteiger partial charge in [0.25, 0.3) is 11.6 Å². The van der Waals surface area contributed by atoms with Crippen molar-refractivity contribution in [2.24, 2.45) is 0 Å². The highest BCUT2D eigenvalue weighted by molar-refractivity contribution is 5.48. The van der Waals surface area contributed by atoms with E-state index in [-0.39, 0.29) is 11.8 Å². The molecule has 116 valence electrons. The van der Waals surface area contributed by atoms with Crippen molar-refractivity contribution in [3.8, 4) is 0 Å². The van der Waals surface area contributed by atoms with Gasteiger partial charge in [0.1, 0.15) is 5.82 Å². The second-order valence-electron chi connectivity index (χ2n) is 4.98. The van der Waals surface area contributed by atoms with Crippen LogP contribution in [0.1, 0.15) is 38.2 Å². The molecule has 2 heterocycles. The monoisotopic (exact) mass is 301 g/mol. The van der Waals surface area contributed by atoms with E-state index in [0.29, 0.717) is 11.5 Å². The third-order valence-electron chi connectivity index (χ3n) is 3.53. The van der Waals surface area contributed by atoms with E-state index in [2.05, 4.69) is 15.1 Å². The highest BCUT2D eigenvalue weighted by Crippen LogP contribution is 2.28. The largest absolute Gasteiger partial charge is 0.453 e. The summed E-state index contributed by atoms with van der Waals surface area (Å²) in [7, 11) is 1.85. The fourth-order valence-electron chi connectivity index (χ4n) is 2.36. The minimum absolute atomic E-state index is 0.0323. The van der Waals surface area contributed by atoms with E-state index < -0.39 is 12.0 Å². The number of alkyl halides is 3. The zero-order chi connectivity index (χ0) is 15.8. The molecule has 0 spiro atoms. The smallest absolute Gasteiger partial charge is 0.356 e. The Labute approximate surface area is 120 Å². The molecule has 0 unspecified atom stereocenters. The summed E-state index contributed by atoms with van der Waals surface area (Å²) in [5, 5.41) is 3.57. The average molecular weight is 301 g/mol. The quantitative estimate of drug-likeness (QED) is 0.870. The number of nitrogens with zero attached hydrogens (tertiary/aromatic N) is 5. The van der Waals surface area contributed by atoms with E-state index >= 15 is 0 Å². The Balaban J connectivity index is 2.60. The van der Waals surface area contributed by atoms with Crippen LogP contribution in [0.5, 0.6) is 0 Å². The van der Waals surface area contributed by atoms with Gasteiger partial charge in [-0.25, -0.2) is 4.98 Å². The SMILES string of the molecule is CCC(CC)N(C)c1cc(C)nc2nc(C(F)(F)F)nn12. The third-order valence-corrected chi connectivity index (χ3v) is 3.53. The summed E-state index contributed by atoms with van der Waals surface area (Å²) in [6.07, 6.45) is -2.81. The molecule has 2 aromatic heterocycles. The summed E-state index contributed by atoms with van der Waals surface area (Å²) in [6.45, 7) is 5.81. The van der Waals surface area contributed by atoms with Crippen LogP contribution in [0.4, 0.5) is 19.0 Å². The van der Waals surface area contributed by atoms with Crippen LogP contribution in [0.3, 0.4) is 0 Å². The molecule has 0 amide bonds. The first-order valence-electron chi connectivity index (χ1n) is 6.82. The highest BCUT2D eigenvalue weighted by Gasteiger charge is 2.37. The average Bonchev–Trinajstić information content (AvgIpc) is 2.82. The summed E-state index contributed by atoms with van der Waals surface area (Å²) in [6, 6.07) is 1.94. The summed E-state index contributed by atoms with van der Waals surface area (Å²) in [5.41, 5.74) is 0.608. The van der Waals surface area contributed by atoms with Gasteiger partial charge in [-0.15, -0.1) is 5.10 Å². The second kappa shape index (κ2) is 5.50. The minimum Gasteiger partial charge on any atom is -0.356 e. The first kappa shape index (κ1) is 15.5. The molecule has 0 aromatic carbocycles. The van der Waals surface area contributed by atoms with Crippen molar-refractivity contribution < 1.29 is 13.2 Å². The predicted molar refractivity (Wildman–Crippen MR) is 73.3 cm³/mol. The summed E-state index contributed by atoms with van der Waals surface area (Å²) < 4.78 is 39.5. The molecule has 0 radical (unpaired) electrons. The van der Waals surface area contributed by atoms with Crippen LogP contribution in [0, 0.1) is 6.92 Å². The van der Waals surface area contributed by atoms with Crippen molar-refractivity contribution >= 4 is 11.6 Å². The second-order valence-corrected chi connectivity index (χ2v) is 4.98. The Morgan fingerprint density at radius 2 is 1.86 bits per heavy atom. The number of aromatic nitrogens is 4. The van der Waals surface area contributed by atoms with Crippen molar-refractivity contribution in [1.29, 1.82) is 0 Å². The normalized spacial score (nSPS) is 12.4. The Kier molecular flexibility index (Phi) is 4.06. The van der Waals surface area contributed by atoms with Crippen molar-refractivity contribution in [3.05, 3.63) is 17.6 Å². The van der Waals surface area contributed by atoms with Crippen molar-refractivity contribution in [3.63, 3.8) is 0 Å². The molecule has 2 aromatic rings. The van der Waals surface area contributed by atoms with Gasteiger partial charge in [-0.2, -0.15) is 22.7 Å². The molecule has 0 saturated heterocycles. The van der Waals surface area contributed by atoms with Crippen LogP contribution >= 0.6 is 0 Å². The fourth-order valence-corrected chi connectivity index (χ4v) is 2.36. The summed E-state index contributed by atoms with van der Waals surface area (Å²) in [4.78, 5) is 9.44. The Hall–Kier alpha value is -1.86. The fraction of sp³-hybridized carbons (Fsp3) is 0.615. The Bertz CT molecular complexity index is 631. The lowest BCUT2D eigenvalue weighted by Gasteiger charge is -2.28. The van der Waals surface area contributed by atoms with Crippen LogP contribution in [0.15, 0.2) is 6.07 Å². The number of fused-ring (bicyclic) bond motifs is 1. The van der Waals surface area contributed by atoms with Gasteiger partial charge in [-0.3, -0.25) is 0 Å². The van der Waals surface area contributed by atoms with E-state index in [4.69, 9.17) is 0 Å². The van der Waals surface area contributed by atoms with Gasteiger partial charge in [-0.05, 0) is 19.8 Å². The van der Waals surface area contributed by atoms with Gasteiger partial charge in [0, 0.05) is 24.8 Å². The van der Waals surface area contributed by atoms with Crippen LogP contribution in [-0.2, 0) is 6.18 Å². The Morgan fingerprint density at radius 3 is 2.38 bits per heavy atom. The number of rotatable bonds is 4. The predicted octanol–water partition coefficient (Wildman–Crippen LogP) is 3.08. The molecule has 8 heteroatoms. The lowest BCUT2D eigenvalue weighted by atomic mass is 10.1. The molecule has 0 aliphatic carbocycles. The molecule has 0 bridgehead atoms. The van der Waals surface area contributed by atoms with Gasteiger partial charge < -0.3 is 4.90 Å². The van der Waals surface area contributed by atoms with E-state index in [0.717, 1.165) is 17.4 Å². The molecule has 0 aliphatic rings. The molecule has 2 rings (SSSR count).